The van der Waals surface area contributed by atoms with Crippen LogP contribution < -0.4 is 0 Å². The summed E-state index contributed by atoms with van der Waals surface area (Å²) in [5, 5.41) is 0. The van der Waals surface area contributed by atoms with Crippen LogP contribution in [0.15, 0.2) is 84.9 Å². The Morgan fingerprint density at radius 2 is 0.833 bits per heavy atom. The van der Waals surface area contributed by atoms with Crippen molar-refractivity contribution in [1.29, 1.82) is 0 Å². The fourth-order valence-electron chi connectivity index (χ4n) is 5.06. The molecule has 0 N–H and O–H groups in total. The Morgan fingerprint density at radius 3 is 1.14 bits per heavy atom. The maximum atomic E-state index is 4.96. The van der Waals surface area contributed by atoms with Crippen LogP contribution >= 0.6 is 17.2 Å². The van der Waals surface area contributed by atoms with Crippen LogP contribution in [0.3, 0.4) is 0 Å². The predicted octanol–water partition coefficient (Wildman–Crippen LogP) is 10.6. The zero-order chi connectivity index (χ0) is 26.1. The average Bonchev–Trinajstić information content (AvgIpc) is 3.20. The zero-order valence-electron chi connectivity index (χ0n) is 21.9. The molecule has 5 rings (SSSR count). The van der Waals surface area contributed by atoms with Gasteiger partial charge in [-0.25, -0.2) is 0 Å². The van der Waals surface area contributed by atoms with Crippen LogP contribution in [0.2, 0.25) is 0 Å². The van der Waals surface area contributed by atoms with Gasteiger partial charge in [0.1, 0.15) is 0 Å². The second-order valence-electron chi connectivity index (χ2n) is 11.4. The van der Waals surface area contributed by atoms with E-state index in [1.54, 1.807) is 0 Å². The normalized spacial score (nSPS) is 12.3. The molecule has 0 saturated carbocycles. The van der Waals surface area contributed by atoms with Crippen molar-refractivity contribution in [3.05, 3.63) is 114 Å². The van der Waals surface area contributed by atoms with E-state index >= 15 is 0 Å². The predicted molar refractivity (Wildman–Crippen MR) is 154 cm³/mol. The second-order valence-corrected chi connectivity index (χ2v) is 16.6. The summed E-state index contributed by atoms with van der Waals surface area (Å²) in [7, 11) is 9.92. The number of hydrogen-bond donors (Lipinski definition) is 0. The molecule has 0 amide bonds. The van der Waals surface area contributed by atoms with Crippen molar-refractivity contribution in [2.75, 3.05) is 0 Å². The van der Waals surface area contributed by atoms with Gasteiger partial charge in [-0.05, 0) is 90.7 Å². The molecule has 0 bridgehead atoms. The van der Waals surface area contributed by atoms with Crippen molar-refractivity contribution in [3.8, 4) is 33.4 Å². The van der Waals surface area contributed by atoms with Crippen molar-refractivity contribution >= 4 is 17.2 Å². The van der Waals surface area contributed by atoms with Crippen LogP contribution in [0, 0.1) is 6.42 Å². The van der Waals surface area contributed by atoms with Crippen LogP contribution in [0.5, 0.6) is 0 Å². The maximum absolute atomic E-state index is 4.96. The molecule has 0 nitrogen and oxygen atoms in total. The molecule has 3 heteroatoms. The Hall–Kier alpha value is -1.67. The third-order valence-electron chi connectivity index (χ3n) is 6.77. The number of halogens is 2. The van der Waals surface area contributed by atoms with Gasteiger partial charge in [0.2, 0.25) is 0 Å². The van der Waals surface area contributed by atoms with E-state index in [1.165, 1.54) is 55.6 Å². The van der Waals surface area contributed by atoms with Gasteiger partial charge in [-0.3, -0.25) is 0 Å². The molecule has 0 aliphatic heterocycles. The molecule has 0 heterocycles. The number of fused-ring (bicyclic) bond motifs is 3. The van der Waals surface area contributed by atoms with E-state index in [1.807, 2.05) is 0 Å². The van der Waals surface area contributed by atoms with Crippen molar-refractivity contribution < 1.29 is 20.5 Å². The van der Waals surface area contributed by atoms with Gasteiger partial charge in [-0.1, -0.05) is 102 Å². The molecule has 0 unspecified atom stereocenters. The van der Waals surface area contributed by atoms with E-state index in [4.69, 9.17) is 17.2 Å². The monoisotopic (exact) mass is 679 g/mol. The van der Waals surface area contributed by atoms with Crippen LogP contribution in [0.1, 0.15) is 63.8 Å². The minimum atomic E-state index is -0.972. The van der Waals surface area contributed by atoms with Crippen LogP contribution in [0.4, 0.5) is 0 Å². The molecule has 183 valence electrons. The quantitative estimate of drug-likeness (QED) is 0.163. The molecule has 1 aliphatic carbocycles. The van der Waals surface area contributed by atoms with Crippen molar-refractivity contribution in [1.82, 2.24) is 0 Å². The second kappa shape index (κ2) is 11.0. The number of rotatable bonds is 2. The van der Waals surface area contributed by atoms with Gasteiger partial charge in [0.05, 0.1) is 0 Å². The Bertz CT molecular complexity index is 1240. The molecule has 0 atom stereocenters. The first-order valence-corrected chi connectivity index (χ1v) is 21.2. The van der Waals surface area contributed by atoms with Gasteiger partial charge in [0, 0.05) is 6.42 Å². The van der Waals surface area contributed by atoms with Gasteiger partial charge in [-0.15, -0.1) is 0 Å². The summed E-state index contributed by atoms with van der Waals surface area (Å²) < 4.78 is 0. The summed E-state index contributed by atoms with van der Waals surface area (Å²) >= 11 is -0.972. The fraction of sp³-hybridized carbons (Fsp3) is 0.242. The topological polar surface area (TPSA) is 0 Å². The van der Waals surface area contributed by atoms with E-state index in [2.05, 4.69) is 133 Å². The minimum absolute atomic E-state index is 0.0554. The van der Waals surface area contributed by atoms with Gasteiger partial charge < -0.3 is 0 Å². The molecule has 0 saturated heterocycles. The molecule has 1 aliphatic rings. The van der Waals surface area contributed by atoms with Crippen molar-refractivity contribution in [2.24, 2.45) is 0 Å². The Kier molecular flexibility index (Phi) is 8.35. The molecular formula is C33H33Cl2Hf. The number of benzene rings is 4. The summed E-state index contributed by atoms with van der Waals surface area (Å²) in [6, 6.07) is 31.3. The van der Waals surface area contributed by atoms with Crippen LogP contribution in [-0.2, 0) is 31.4 Å². The third kappa shape index (κ3) is 5.74. The molecule has 4 aromatic carbocycles. The Balaban J connectivity index is 0.000000967. The molecular weight excluding hydrogens is 646 g/mol. The molecule has 1 radical (unpaired) electrons. The summed E-state index contributed by atoms with van der Waals surface area (Å²) in [5.74, 6) is 0. The molecule has 4 aromatic rings. The van der Waals surface area contributed by atoms with E-state index in [0.717, 1.165) is 0 Å². The fourth-order valence-corrected chi connectivity index (χ4v) is 5.06. The molecule has 0 spiro atoms. The Morgan fingerprint density at radius 1 is 0.500 bits per heavy atom. The SMILES string of the molecule is CC(C)(C)c1cc2c(cc1-c1ccccc1)[CH]c1cc(-c3ccccc3)c(C(C)(C)C)cc1-2.[Cl][Hf][Cl]. The van der Waals surface area contributed by atoms with E-state index in [-0.39, 0.29) is 10.8 Å². The van der Waals surface area contributed by atoms with Crippen LogP contribution in [0.25, 0.3) is 33.4 Å². The van der Waals surface area contributed by atoms with E-state index in [0.29, 0.717) is 0 Å². The molecule has 0 fully saturated rings. The van der Waals surface area contributed by atoms with Gasteiger partial charge in [0.15, 0.2) is 0 Å². The Labute approximate surface area is 235 Å². The van der Waals surface area contributed by atoms with E-state index in [9.17, 15) is 0 Å². The first-order chi connectivity index (χ1) is 17.0. The molecule has 0 aromatic heterocycles. The summed E-state index contributed by atoms with van der Waals surface area (Å²) in [5.41, 5.74) is 13.5. The average molecular weight is 679 g/mol. The zero-order valence-corrected chi connectivity index (χ0v) is 27.0. The standard InChI is InChI=1S/C33H33.2ClH.Hf/c1-32(2,3)30-20-26-24(18-28(30)22-13-9-7-10-14-22)17-25-19-29(23-15-11-8-12-16-23)31(21-27(25)26)33(4,5)6;;;/h7-21H,1-6H3;2*1H;/q;;;+2/p-2. The summed E-state index contributed by atoms with van der Waals surface area (Å²) in [4.78, 5) is 0. The van der Waals surface area contributed by atoms with Gasteiger partial charge >= 0.3 is 37.7 Å². The third-order valence-corrected chi connectivity index (χ3v) is 6.77. The van der Waals surface area contributed by atoms with Gasteiger partial charge in [0.25, 0.3) is 0 Å². The van der Waals surface area contributed by atoms with E-state index < -0.39 is 20.5 Å². The van der Waals surface area contributed by atoms with Crippen molar-refractivity contribution in [2.45, 2.75) is 52.4 Å². The molecule has 36 heavy (non-hydrogen) atoms. The van der Waals surface area contributed by atoms with Gasteiger partial charge in [-0.2, -0.15) is 0 Å². The number of hydrogen-bond acceptors (Lipinski definition) is 0. The first-order valence-electron chi connectivity index (χ1n) is 12.3. The summed E-state index contributed by atoms with van der Waals surface area (Å²) in [6.07, 6.45) is 2.38. The van der Waals surface area contributed by atoms with Crippen molar-refractivity contribution in [3.63, 3.8) is 0 Å². The van der Waals surface area contributed by atoms with Crippen LogP contribution in [-0.4, -0.2) is 0 Å². The summed E-state index contributed by atoms with van der Waals surface area (Å²) in [6.45, 7) is 13.9. The first kappa shape index (κ1) is 27.4.